The number of alkyl carbamates (subject to hydrolysis) is 1. The van der Waals surface area contributed by atoms with Crippen molar-refractivity contribution < 1.29 is 33.3 Å². The first-order valence-corrected chi connectivity index (χ1v) is 18.7. The lowest BCUT2D eigenvalue weighted by Crippen LogP contribution is -2.44. The molecule has 1 amide bonds. The third-order valence-corrected chi connectivity index (χ3v) is 12.7. The lowest BCUT2D eigenvalue weighted by Gasteiger charge is -2.31. The molecule has 3 aliphatic heterocycles. The zero-order valence-corrected chi connectivity index (χ0v) is 27.0. The van der Waals surface area contributed by atoms with Crippen molar-refractivity contribution >= 4 is 62.9 Å². The van der Waals surface area contributed by atoms with Gasteiger partial charge in [-0.2, -0.15) is 0 Å². The summed E-state index contributed by atoms with van der Waals surface area (Å²) in [6.45, 7) is 4.13. The van der Waals surface area contributed by atoms with Crippen LogP contribution in [0.2, 0.25) is 0 Å². The molecule has 1 aliphatic carbocycles. The molecule has 0 radical (unpaired) electrons. The Bertz CT molecular complexity index is 1790. The summed E-state index contributed by atoms with van der Waals surface area (Å²) in [6, 6.07) is 2.54. The molecule has 1 fully saturated rings. The molecule has 0 saturated carbocycles. The Labute approximate surface area is 265 Å². The van der Waals surface area contributed by atoms with Gasteiger partial charge in [-0.15, -0.1) is 0 Å². The van der Waals surface area contributed by atoms with E-state index in [-0.39, 0.29) is 53.4 Å². The Morgan fingerprint density at radius 1 is 1.30 bits per heavy atom. The van der Waals surface area contributed by atoms with Crippen molar-refractivity contribution in [2.75, 3.05) is 13.2 Å². The van der Waals surface area contributed by atoms with E-state index in [9.17, 15) is 19.5 Å². The van der Waals surface area contributed by atoms with E-state index < -0.39 is 23.7 Å². The second-order valence-electron chi connectivity index (χ2n) is 11.2. The van der Waals surface area contributed by atoms with Gasteiger partial charge in [0.05, 0.1) is 53.5 Å². The van der Waals surface area contributed by atoms with Crippen LogP contribution < -0.4 is 10.9 Å². The van der Waals surface area contributed by atoms with Crippen molar-refractivity contribution in [2.24, 2.45) is 0 Å². The van der Waals surface area contributed by atoms with Crippen LogP contribution in [-0.4, -0.2) is 51.3 Å². The van der Waals surface area contributed by atoms with E-state index in [1.165, 1.54) is 6.07 Å². The monoisotopic (exact) mass is 739 g/mol. The van der Waals surface area contributed by atoms with E-state index in [0.717, 1.165) is 22.1 Å². The molecule has 0 unspecified atom stereocenters. The standard InChI is InChI=1S/C29H27FIN3O7S2/c1-3-29(38)16-6-20-25-14(8-34(20)26(35)15(16)9-40-27(29)36)24-18(33-28(37)41-21-10-39-11-22(21)42-43-31)5-4-13-12(2)17(30)7-19(32-25)23(13)24/h6-7,18,21-22,38H,3-5,8-11H2,1-2H3,(H,33,37)/t18-,21+,22+,29-/m0/s1. The maximum Gasteiger partial charge on any atom is 0.408 e. The highest BCUT2D eigenvalue weighted by molar-refractivity contribution is 14.2. The van der Waals surface area contributed by atoms with Gasteiger partial charge in [0, 0.05) is 43.8 Å². The summed E-state index contributed by atoms with van der Waals surface area (Å²) in [5.74, 6) is -1.18. The summed E-state index contributed by atoms with van der Waals surface area (Å²) >= 11 is 2.18. The van der Waals surface area contributed by atoms with Crippen LogP contribution in [0.1, 0.15) is 59.2 Å². The number of carbonyl (C=O) groups is 2. The molecule has 226 valence electrons. The fraction of sp³-hybridized carbons (Fsp3) is 0.448. The second kappa shape index (κ2) is 10.9. The number of cyclic esters (lactones) is 1. The van der Waals surface area contributed by atoms with Crippen LogP contribution in [-0.2, 0) is 44.2 Å². The number of hydrogen-bond donors (Lipinski definition) is 2. The van der Waals surface area contributed by atoms with Gasteiger partial charge < -0.3 is 29.2 Å². The van der Waals surface area contributed by atoms with Crippen LogP contribution in [0.4, 0.5) is 9.18 Å². The van der Waals surface area contributed by atoms with E-state index in [1.807, 2.05) is 0 Å². The van der Waals surface area contributed by atoms with Crippen molar-refractivity contribution in [3.63, 3.8) is 0 Å². The number of aliphatic hydroxyl groups is 1. The van der Waals surface area contributed by atoms with Crippen molar-refractivity contribution in [3.8, 4) is 11.4 Å². The quantitative estimate of drug-likeness (QED) is 0.168. The van der Waals surface area contributed by atoms with Crippen molar-refractivity contribution in [1.82, 2.24) is 14.9 Å². The summed E-state index contributed by atoms with van der Waals surface area (Å²) < 4.78 is 33.2. The van der Waals surface area contributed by atoms with E-state index in [1.54, 1.807) is 43.2 Å². The number of pyridine rings is 2. The van der Waals surface area contributed by atoms with E-state index in [2.05, 4.69) is 26.5 Å². The lowest BCUT2D eigenvalue weighted by molar-refractivity contribution is -0.172. The molecule has 2 aromatic heterocycles. The van der Waals surface area contributed by atoms with Gasteiger partial charge in [0.1, 0.15) is 18.5 Å². The summed E-state index contributed by atoms with van der Waals surface area (Å²) in [6.07, 6.45) is 0.0885. The number of ether oxygens (including phenoxy) is 3. The largest absolute Gasteiger partial charge is 0.458 e. The molecule has 4 aliphatic rings. The Morgan fingerprint density at radius 2 is 2.12 bits per heavy atom. The minimum Gasteiger partial charge on any atom is -0.458 e. The van der Waals surface area contributed by atoms with Crippen LogP contribution in [0.5, 0.6) is 0 Å². The maximum atomic E-state index is 15.1. The van der Waals surface area contributed by atoms with Gasteiger partial charge in [-0.05, 0) is 56.9 Å². The third-order valence-electron chi connectivity index (χ3n) is 9.07. The fourth-order valence-corrected chi connectivity index (χ4v) is 10.5. The highest BCUT2D eigenvalue weighted by Gasteiger charge is 2.46. The fourth-order valence-electron chi connectivity index (χ4n) is 6.77. The number of rotatable bonds is 5. The number of nitrogens with zero attached hydrogens (tertiary/aromatic N) is 2. The second-order valence-corrected chi connectivity index (χ2v) is 16.3. The molecule has 0 bridgehead atoms. The van der Waals surface area contributed by atoms with E-state index in [0.29, 0.717) is 48.5 Å². The molecular weight excluding hydrogens is 712 g/mol. The van der Waals surface area contributed by atoms with Gasteiger partial charge in [0.25, 0.3) is 5.56 Å². The number of carbonyl (C=O) groups excluding carboxylic acids is 2. The van der Waals surface area contributed by atoms with Gasteiger partial charge in [-0.25, -0.2) is 19.0 Å². The predicted molar refractivity (Wildman–Crippen MR) is 167 cm³/mol. The molecule has 14 heteroatoms. The number of hydrogen-bond acceptors (Lipinski definition) is 10. The number of nitrogens with one attached hydrogen (secondary N) is 1. The normalized spacial score (nSPS) is 25.2. The van der Waals surface area contributed by atoms with Crippen molar-refractivity contribution in [2.45, 2.75) is 69.3 Å². The first-order chi connectivity index (χ1) is 20.7. The molecule has 7 rings (SSSR count). The summed E-state index contributed by atoms with van der Waals surface area (Å²) in [5.41, 5.74) is 2.23. The van der Waals surface area contributed by atoms with Crippen LogP contribution in [0, 0.1) is 12.7 Å². The van der Waals surface area contributed by atoms with E-state index in [4.69, 9.17) is 19.2 Å². The molecule has 2 N–H and O–H groups in total. The Kier molecular flexibility index (Phi) is 7.43. The first-order valence-electron chi connectivity index (χ1n) is 14.0. The third kappa shape index (κ3) is 4.50. The maximum absolute atomic E-state index is 15.1. The molecule has 43 heavy (non-hydrogen) atoms. The van der Waals surface area contributed by atoms with Crippen molar-refractivity contribution in [1.29, 1.82) is 0 Å². The van der Waals surface area contributed by atoms with Crippen LogP contribution in [0.15, 0.2) is 16.9 Å². The van der Waals surface area contributed by atoms with Gasteiger partial charge in [-0.1, -0.05) is 17.7 Å². The predicted octanol–water partition coefficient (Wildman–Crippen LogP) is 4.74. The highest BCUT2D eigenvalue weighted by Crippen LogP contribution is 2.46. The average Bonchev–Trinajstić information content (AvgIpc) is 3.58. The first kappa shape index (κ1) is 29.3. The van der Waals surface area contributed by atoms with Crippen molar-refractivity contribution in [3.05, 3.63) is 61.7 Å². The lowest BCUT2D eigenvalue weighted by atomic mass is 9.81. The van der Waals surface area contributed by atoms with Crippen LogP contribution >= 0.6 is 40.0 Å². The Morgan fingerprint density at radius 3 is 2.88 bits per heavy atom. The topological polar surface area (TPSA) is 129 Å². The molecule has 5 heterocycles. The van der Waals surface area contributed by atoms with Crippen LogP contribution in [0.3, 0.4) is 0 Å². The van der Waals surface area contributed by atoms with Gasteiger partial charge in [-0.3, -0.25) is 4.79 Å². The highest BCUT2D eigenvalue weighted by atomic mass is 127. The number of amides is 1. The van der Waals surface area contributed by atoms with Gasteiger partial charge in [0.2, 0.25) is 0 Å². The zero-order valence-electron chi connectivity index (χ0n) is 23.2. The van der Waals surface area contributed by atoms with E-state index >= 15 is 4.39 Å². The number of fused-ring (bicyclic) bond motifs is 5. The number of halogens is 2. The molecule has 10 nitrogen and oxygen atoms in total. The Hall–Kier alpha value is -2.40. The number of aromatic nitrogens is 2. The molecule has 1 aromatic carbocycles. The SMILES string of the molecule is CC[C@@]1(O)C(=O)OCc2c1cc1n(c2=O)Cc2c-1nc1cc(F)c(C)c3c1c2[C@@H](NC(=O)O[C@@H]1COC[C@H]1SSI)CC3. The summed E-state index contributed by atoms with van der Waals surface area (Å²) in [5, 5.41) is 15.1. The molecule has 4 atom stereocenters. The number of esters is 1. The van der Waals surface area contributed by atoms with Crippen LogP contribution in [0.25, 0.3) is 22.3 Å². The van der Waals surface area contributed by atoms with Gasteiger partial charge in [0.15, 0.2) is 5.60 Å². The molecule has 3 aromatic rings. The summed E-state index contributed by atoms with van der Waals surface area (Å²) in [7, 11) is 3.16. The minimum absolute atomic E-state index is 0.0206. The van der Waals surface area contributed by atoms with Gasteiger partial charge >= 0.3 is 12.1 Å². The number of benzene rings is 1. The number of aryl methyl sites for hydroxylation is 1. The smallest absolute Gasteiger partial charge is 0.408 e. The average molecular weight is 740 g/mol. The molecule has 1 saturated heterocycles. The Balaban J connectivity index is 1.35. The zero-order chi connectivity index (χ0) is 30.2. The summed E-state index contributed by atoms with van der Waals surface area (Å²) in [4.78, 5) is 44.4. The molecular formula is C29H27FIN3O7S2. The molecule has 0 spiro atoms. The minimum atomic E-state index is -1.96.